The van der Waals surface area contributed by atoms with E-state index in [2.05, 4.69) is 15.2 Å². The third-order valence-corrected chi connectivity index (χ3v) is 4.98. The van der Waals surface area contributed by atoms with Gasteiger partial charge in [-0.2, -0.15) is 4.98 Å². The number of fused-ring (bicyclic) bond motifs is 1. The maximum Gasteiger partial charge on any atom is 0.350 e. The zero-order chi connectivity index (χ0) is 21.3. The number of carbonyl (C=O) groups excluding carboxylic acids is 1. The molecule has 1 amide bonds. The van der Waals surface area contributed by atoms with Gasteiger partial charge in [0.2, 0.25) is 11.7 Å². The Morgan fingerprint density at radius 3 is 2.57 bits per heavy atom. The molecule has 9 nitrogen and oxygen atoms in total. The molecule has 3 heterocycles. The van der Waals surface area contributed by atoms with Gasteiger partial charge in [-0.3, -0.25) is 4.79 Å². The van der Waals surface area contributed by atoms with Crippen LogP contribution < -0.4 is 5.69 Å². The molecule has 0 aliphatic heterocycles. The Morgan fingerprint density at radius 2 is 1.87 bits per heavy atom. The highest BCUT2D eigenvalue weighted by atomic mass is 16.5. The summed E-state index contributed by atoms with van der Waals surface area (Å²) in [6.45, 7) is 6.82. The molecule has 30 heavy (non-hydrogen) atoms. The van der Waals surface area contributed by atoms with E-state index in [-0.39, 0.29) is 18.3 Å². The first-order valence-electron chi connectivity index (χ1n) is 9.79. The molecular weight excluding hydrogens is 384 g/mol. The average Bonchev–Trinajstić information content (AvgIpc) is 3.35. The van der Waals surface area contributed by atoms with Gasteiger partial charge in [0, 0.05) is 24.8 Å². The maximum absolute atomic E-state index is 12.7. The van der Waals surface area contributed by atoms with Gasteiger partial charge in [-0.05, 0) is 32.9 Å². The van der Waals surface area contributed by atoms with E-state index < -0.39 is 5.69 Å². The highest BCUT2D eigenvalue weighted by Gasteiger charge is 2.19. The third-order valence-electron chi connectivity index (χ3n) is 4.98. The van der Waals surface area contributed by atoms with Gasteiger partial charge in [0.1, 0.15) is 6.54 Å². The summed E-state index contributed by atoms with van der Waals surface area (Å²) < 4.78 is 7.98. The fourth-order valence-electron chi connectivity index (χ4n) is 3.27. The minimum atomic E-state index is -0.398. The molecule has 154 valence electrons. The molecule has 0 unspecified atom stereocenters. The maximum atomic E-state index is 12.7. The molecule has 9 heteroatoms. The second-order valence-corrected chi connectivity index (χ2v) is 6.91. The highest BCUT2D eigenvalue weighted by molar-refractivity contribution is 5.76. The second kappa shape index (κ2) is 7.94. The number of pyridine rings is 1. The van der Waals surface area contributed by atoms with Crippen LogP contribution in [0.1, 0.15) is 19.4 Å². The van der Waals surface area contributed by atoms with Crippen LogP contribution in [0.3, 0.4) is 0 Å². The quantitative estimate of drug-likeness (QED) is 0.488. The summed E-state index contributed by atoms with van der Waals surface area (Å²) in [6, 6.07) is 11.2. The van der Waals surface area contributed by atoms with Gasteiger partial charge in [-0.1, -0.05) is 35.0 Å². The fraction of sp³-hybridized carbons (Fsp3) is 0.286. The van der Waals surface area contributed by atoms with Gasteiger partial charge >= 0.3 is 5.69 Å². The largest absolute Gasteiger partial charge is 0.350 e. The molecule has 0 radical (unpaired) electrons. The van der Waals surface area contributed by atoms with Gasteiger partial charge in [0.05, 0.1) is 5.56 Å². The van der Waals surface area contributed by atoms with Crippen LogP contribution in [0.5, 0.6) is 0 Å². The summed E-state index contributed by atoms with van der Waals surface area (Å²) in [7, 11) is 0. The van der Waals surface area contributed by atoms with Crippen molar-refractivity contribution in [3.63, 3.8) is 0 Å². The summed E-state index contributed by atoms with van der Waals surface area (Å²) in [6.07, 6.45) is 1.60. The summed E-state index contributed by atoms with van der Waals surface area (Å²) in [5.41, 5.74) is 2.45. The number of benzene rings is 1. The molecule has 3 aromatic heterocycles. The predicted molar refractivity (Wildman–Crippen MR) is 111 cm³/mol. The van der Waals surface area contributed by atoms with Gasteiger partial charge in [-0.25, -0.2) is 13.9 Å². The monoisotopic (exact) mass is 406 g/mol. The Hall–Kier alpha value is -3.75. The SMILES string of the molecule is CCN(CC)C(=O)Cn1nc2c(-c3nc(-c4ccc(C)cc4)no3)cccn2c1=O. The number of carbonyl (C=O) groups is 1. The van der Waals surface area contributed by atoms with Crippen molar-refractivity contribution in [3.05, 3.63) is 58.6 Å². The van der Waals surface area contributed by atoms with Crippen LogP contribution in [0, 0.1) is 6.92 Å². The number of likely N-dealkylation sites (N-methyl/N-ethyl adjacent to an activating group) is 1. The Labute approximate surface area is 172 Å². The number of aromatic nitrogens is 5. The van der Waals surface area contributed by atoms with Gasteiger partial charge < -0.3 is 9.42 Å². The van der Waals surface area contributed by atoms with Crippen molar-refractivity contribution < 1.29 is 9.32 Å². The summed E-state index contributed by atoms with van der Waals surface area (Å²) in [5, 5.41) is 8.42. The summed E-state index contributed by atoms with van der Waals surface area (Å²) in [5.74, 6) is 0.542. The average molecular weight is 406 g/mol. The van der Waals surface area contributed by atoms with E-state index in [1.807, 2.05) is 45.0 Å². The van der Waals surface area contributed by atoms with Crippen LogP contribution in [-0.2, 0) is 11.3 Å². The molecule has 1 aromatic carbocycles. The number of nitrogens with zero attached hydrogens (tertiary/aromatic N) is 6. The van der Waals surface area contributed by atoms with Crippen molar-refractivity contribution in [2.45, 2.75) is 27.3 Å². The zero-order valence-electron chi connectivity index (χ0n) is 17.1. The molecule has 4 rings (SSSR count). The first kappa shape index (κ1) is 19.6. The topological polar surface area (TPSA) is 98.5 Å². The molecule has 0 atom stereocenters. The summed E-state index contributed by atoms with van der Waals surface area (Å²) in [4.78, 5) is 31.3. The van der Waals surface area contributed by atoms with Crippen molar-refractivity contribution >= 4 is 11.6 Å². The lowest BCUT2D eigenvalue weighted by atomic mass is 10.1. The fourth-order valence-corrected chi connectivity index (χ4v) is 3.27. The predicted octanol–water partition coefficient (Wildman–Crippen LogP) is 2.39. The Kier molecular flexibility index (Phi) is 5.18. The molecule has 0 fully saturated rings. The van der Waals surface area contributed by atoms with Gasteiger partial charge in [0.15, 0.2) is 5.65 Å². The molecule has 4 aromatic rings. The molecule has 0 bridgehead atoms. The van der Waals surface area contributed by atoms with Crippen LogP contribution in [0.2, 0.25) is 0 Å². The van der Waals surface area contributed by atoms with Crippen LogP contribution in [0.4, 0.5) is 0 Å². The van der Waals surface area contributed by atoms with Crippen LogP contribution >= 0.6 is 0 Å². The molecule has 0 saturated heterocycles. The number of hydrogen-bond acceptors (Lipinski definition) is 6. The normalized spacial score (nSPS) is 11.2. The molecule has 0 saturated carbocycles. The van der Waals surface area contributed by atoms with Gasteiger partial charge in [0.25, 0.3) is 5.89 Å². The minimum absolute atomic E-state index is 0.125. The number of aryl methyl sites for hydroxylation is 1. The Balaban J connectivity index is 1.72. The first-order valence-corrected chi connectivity index (χ1v) is 9.79. The van der Waals surface area contributed by atoms with E-state index in [1.165, 1.54) is 4.40 Å². The van der Waals surface area contributed by atoms with E-state index in [1.54, 1.807) is 23.2 Å². The molecule has 0 aliphatic carbocycles. The van der Waals surface area contributed by atoms with Crippen molar-refractivity contribution in [1.29, 1.82) is 0 Å². The highest BCUT2D eigenvalue weighted by Crippen LogP contribution is 2.24. The molecular formula is C21H22N6O3. The zero-order valence-corrected chi connectivity index (χ0v) is 17.1. The van der Waals surface area contributed by atoms with E-state index in [4.69, 9.17) is 4.52 Å². The van der Waals surface area contributed by atoms with Gasteiger partial charge in [-0.15, -0.1) is 5.10 Å². The van der Waals surface area contributed by atoms with Crippen LogP contribution in [-0.4, -0.2) is 48.2 Å². The molecule has 0 N–H and O–H groups in total. The smallest absolute Gasteiger partial charge is 0.342 e. The standard InChI is InChI=1S/C21H22N6O3/c1-4-25(5-2)17(28)13-27-21(29)26-12-6-7-16(19(26)23-27)20-22-18(24-30-20)15-10-8-14(3)9-11-15/h6-12H,4-5,13H2,1-3H3. The third kappa shape index (κ3) is 3.49. The summed E-state index contributed by atoms with van der Waals surface area (Å²) >= 11 is 0. The van der Waals surface area contributed by atoms with Crippen molar-refractivity contribution in [2.24, 2.45) is 0 Å². The van der Waals surface area contributed by atoms with E-state index in [0.717, 1.165) is 15.8 Å². The number of hydrogen-bond donors (Lipinski definition) is 0. The lowest BCUT2D eigenvalue weighted by Crippen LogP contribution is -2.36. The van der Waals surface area contributed by atoms with Crippen LogP contribution in [0.25, 0.3) is 28.5 Å². The Morgan fingerprint density at radius 1 is 1.13 bits per heavy atom. The minimum Gasteiger partial charge on any atom is -0.342 e. The second-order valence-electron chi connectivity index (χ2n) is 6.91. The first-order chi connectivity index (χ1) is 14.5. The lowest BCUT2D eigenvalue weighted by Gasteiger charge is -2.17. The van der Waals surface area contributed by atoms with Crippen molar-refractivity contribution in [1.82, 2.24) is 29.2 Å². The van der Waals surface area contributed by atoms with E-state index in [9.17, 15) is 9.59 Å². The van der Waals surface area contributed by atoms with Crippen molar-refractivity contribution in [3.8, 4) is 22.8 Å². The van der Waals surface area contributed by atoms with E-state index >= 15 is 0 Å². The molecule has 0 aliphatic rings. The molecule has 0 spiro atoms. The van der Waals surface area contributed by atoms with Crippen LogP contribution in [0.15, 0.2) is 51.9 Å². The van der Waals surface area contributed by atoms with Crippen molar-refractivity contribution in [2.75, 3.05) is 13.1 Å². The number of amides is 1. The van der Waals surface area contributed by atoms with E-state index in [0.29, 0.717) is 30.1 Å². The lowest BCUT2D eigenvalue weighted by molar-refractivity contribution is -0.131. The Bertz CT molecular complexity index is 1250. The number of rotatable bonds is 6.